The fourth-order valence-electron chi connectivity index (χ4n) is 3.62. The monoisotopic (exact) mass is 440 g/mol. The maximum Gasteiger partial charge on any atom is 0.300 e. The number of Topliss-reactive ketones (excluding diaryl/α,β-unsaturated/α-hetero) is 1. The summed E-state index contributed by atoms with van der Waals surface area (Å²) in [5.74, 6) is -5.61. The zero-order chi connectivity index (χ0) is 23.0. The molecular weight excluding hydrogens is 425 g/mol. The summed E-state index contributed by atoms with van der Waals surface area (Å²) in [5.41, 5.74) is -0.686. The fourth-order valence-corrected chi connectivity index (χ4v) is 3.62. The largest absolute Gasteiger partial charge is 0.507 e. The van der Waals surface area contributed by atoms with Crippen LogP contribution in [0.3, 0.4) is 0 Å². The van der Waals surface area contributed by atoms with E-state index in [1.165, 1.54) is 37.7 Å². The number of hydrogen-bond acceptors (Lipinski definition) is 5. The van der Waals surface area contributed by atoms with E-state index in [0.29, 0.717) is 6.07 Å². The molecule has 1 fully saturated rings. The SMILES string of the molecule is COc1ccc(F)cc1/C(O)=C1\C(=O)C(=O)N(c2ccc(F)cc2F)C1c1cccnc1. The Morgan fingerprint density at radius 2 is 1.78 bits per heavy atom. The molecule has 32 heavy (non-hydrogen) atoms. The molecule has 2 heterocycles. The Bertz CT molecular complexity index is 1260. The minimum Gasteiger partial charge on any atom is -0.507 e. The van der Waals surface area contributed by atoms with Gasteiger partial charge in [0.15, 0.2) is 0 Å². The van der Waals surface area contributed by atoms with Gasteiger partial charge in [-0.2, -0.15) is 0 Å². The Morgan fingerprint density at radius 3 is 2.44 bits per heavy atom. The van der Waals surface area contributed by atoms with E-state index in [2.05, 4.69) is 4.98 Å². The van der Waals surface area contributed by atoms with Gasteiger partial charge in [0.05, 0.1) is 30.0 Å². The number of aliphatic hydroxyl groups excluding tert-OH is 1. The number of ketones is 1. The van der Waals surface area contributed by atoms with Gasteiger partial charge in [-0.1, -0.05) is 6.07 Å². The van der Waals surface area contributed by atoms with Crippen molar-refractivity contribution in [2.45, 2.75) is 6.04 Å². The molecule has 0 saturated carbocycles. The van der Waals surface area contributed by atoms with Crippen molar-refractivity contribution < 1.29 is 32.6 Å². The van der Waals surface area contributed by atoms with Crippen molar-refractivity contribution in [3.8, 4) is 5.75 Å². The molecule has 1 atom stereocenters. The molecule has 0 bridgehead atoms. The lowest BCUT2D eigenvalue weighted by Gasteiger charge is -2.25. The number of carbonyl (C=O) groups excluding carboxylic acids is 2. The second kappa shape index (κ2) is 8.18. The van der Waals surface area contributed by atoms with E-state index in [9.17, 15) is 27.9 Å². The second-order valence-electron chi connectivity index (χ2n) is 6.90. The predicted molar refractivity (Wildman–Crippen MR) is 108 cm³/mol. The van der Waals surface area contributed by atoms with Crippen molar-refractivity contribution in [1.82, 2.24) is 4.98 Å². The van der Waals surface area contributed by atoms with E-state index >= 15 is 0 Å². The molecule has 2 aromatic carbocycles. The summed E-state index contributed by atoms with van der Waals surface area (Å²) in [6.07, 6.45) is 2.78. The van der Waals surface area contributed by atoms with Gasteiger partial charge in [0.2, 0.25) is 0 Å². The first-order chi connectivity index (χ1) is 15.3. The molecule has 4 rings (SSSR count). The van der Waals surface area contributed by atoms with Crippen LogP contribution in [-0.4, -0.2) is 28.9 Å². The van der Waals surface area contributed by atoms with Crippen LogP contribution >= 0.6 is 0 Å². The second-order valence-corrected chi connectivity index (χ2v) is 6.90. The van der Waals surface area contributed by atoms with Crippen LogP contribution in [0.5, 0.6) is 5.75 Å². The number of aliphatic hydroxyl groups is 1. The lowest BCUT2D eigenvalue weighted by Crippen LogP contribution is -2.30. The third-order valence-electron chi connectivity index (χ3n) is 5.03. The summed E-state index contributed by atoms with van der Waals surface area (Å²) in [4.78, 5) is 30.7. The van der Waals surface area contributed by atoms with Crippen molar-refractivity contribution in [3.05, 3.63) is 95.1 Å². The summed E-state index contributed by atoms with van der Waals surface area (Å²) in [5, 5.41) is 11.0. The van der Waals surface area contributed by atoms with Crippen LogP contribution < -0.4 is 9.64 Å². The molecule has 1 aromatic heterocycles. The number of anilines is 1. The lowest BCUT2D eigenvalue weighted by atomic mass is 9.95. The minimum atomic E-state index is -1.31. The highest BCUT2D eigenvalue weighted by atomic mass is 19.1. The van der Waals surface area contributed by atoms with Crippen molar-refractivity contribution in [3.63, 3.8) is 0 Å². The van der Waals surface area contributed by atoms with E-state index in [1.807, 2.05) is 0 Å². The number of nitrogens with zero attached hydrogens (tertiary/aromatic N) is 2. The van der Waals surface area contributed by atoms with Gasteiger partial charge < -0.3 is 9.84 Å². The van der Waals surface area contributed by atoms with Crippen LogP contribution in [-0.2, 0) is 9.59 Å². The summed E-state index contributed by atoms with van der Waals surface area (Å²) in [6, 6.07) is 7.56. The maximum absolute atomic E-state index is 14.6. The molecule has 0 spiro atoms. The number of halogens is 3. The number of rotatable bonds is 4. The van der Waals surface area contributed by atoms with Crippen LogP contribution in [0.1, 0.15) is 17.2 Å². The van der Waals surface area contributed by atoms with E-state index in [1.54, 1.807) is 0 Å². The first-order valence-electron chi connectivity index (χ1n) is 9.33. The van der Waals surface area contributed by atoms with Crippen molar-refractivity contribution in [1.29, 1.82) is 0 Å². The predicted octanol–water partition coefficient (Wildman–Crippen LogP) is 4.13. The van der Waals surface area contributed by atoms with Crippen molar-refractivity contribution >= 4 is 23.1 Å². The lowest BCUT2D eigenvalue weighted by molar-refractivity contribution is -0.132. The molecule has 0 aliphatic carbocycles. The van der Waals surface area contributed by atoms with E-state index in [-0.39, 0.29) is 22.6 Å². The zero-order valence-electron chi connectivity index (χ0n) is 16.6. The van der Waals surface area contributed by atoms with Crippen LogP contribution in [0.25, 0.3) is 5.76 Å². The molecule has 9 heteroatoms. The minimum absolute atomic E-state index is 0.0491. The third kappa shape index (κ3) is 3.47. The standard InChI is InChI=1S/C23H15F3N2O4/c1-32-18-7-5-13(24)9-15(18)21(29)19-20(12-3-2-8-27-11-12)28(23(31)22(19)30)17-6-4-14(25)10-16(17)26/h2-11,20,29H,1H3/b21-19+. The highest BCUT2D eigenvalue weighted by molar-refractivity contribution is 6.51. The number of amides is 1. The number of methoxy groups -OCH3 is 1. The molecule has 1 aliphatic rings. The molecule has 1 aliphatic heterocycles. The van der Waals surface area contributed by atoms with Gasteiger partial charge in [0.1, 0.15) is 29.0 Å². The van der Waals surface area contributed by atoms with Gasteiger partial charge in [0.25, 0.3) is 11.7 Å². The average Bonchev–Trinajstić information content (AvgIpc) is 3.04. The molecule has 162 valence electrons. The quantitative estimate of drug-likeness (QED) is 0.375. The summed E-state index contributed by atoms with van der Waals surface area (Å²) < 4.78 is 47.1. The summed E-state index contributed by atoms with van der Waals surface area (Å²) in [6.45, 7) is 0. The number of pyridine rings is 1. The molecule has 1 N–H and O–H groups in total. The summed E-state index contributed by atoms with van der Waals surface area (Å²) >= 11 is 0. The first-order valence-corrected chi connectivity index (χ1v) is 9.33. The fraction of sp³-hybridized carbons (Fsp3) is 0.0870. The number of hydrogen-bond donors (Lipinski definition) is 1. The number of aromatic nitrogens is 1. The van der Waals surface area contributed by atoms with Gasteiger partial charge in [-0.25, -0.2) is 13.2 Å². The Morgan fingerprint density at radius 1 is 1.06 bits per heavy atom. The van der Waals surface area contributed by atoms with Crippen LogP contribution in [0.2, 0.25) is 0 Å². The van der Waals surface area contributed by atoms with Crippen molar-refractivity contribution in [2.24, 2.45) is 0 Å². The van der Waals surface area contributed by atoms with E-state index in [0.717, 1.165) is 29.2 Å². The maximum atomic E-state index is 14.6. The van der Waals surface area contributed by atoms with Gasteiger partial charge in [-0.15, -0.1) is 0 Å². The first kappa shape index (κ1) is 21.1. The normalized spacial score (nSPS) is 17.6. The van der Waals surface area contributed by atoms with Crippen LogP contribution in [0.15, 0.2) is 66.5 Å². The Balaban J connectivity index is 2.00. The number of benzene rings is 2. The van der Waals surface area contributed by atoms with E-state index in [4.69, 9.17) is 4.74 Å². The molecular formula is C23H15F3N2O4. The Kier molecular flexibility index (Phi) is 5.40. The highest BCUT2D eigenvalue weighted by Crippen LogP contribution is 2.43. The third-order valence-corrected chi connectivity index (χ3v) is 5.03. The average molecular weight is 440 g/mol. The smallest absolute Gasteiger partial charge is 0.300 e. The Hall–Kier alpha value is -4.14. The van der Waals surface area contributed by atoms with Crippen molar-refractivity contribution in [2.75, 3.05) is 12.0 Å². The van der Waals surface area contributed by atoms with Gasteiger partial charge in [0, 0.05) is 18.5 Å². The molecule has 0 radical (unpaired) electrons. The molecule has 1 saturated heterocycles. The molecule has 6 nitrogen and oxygen atoms in total. The van der Waals surface area contributed by atoms with Crippen LogP contribution in [0, 0.1) is 17.5 Å². The molecule has 3 aromatic rings. The van der Waals surface area contributed by atoms with Gasteiger partial charge in [-0.05, 0) is 42.0 Å². The zero-order valence-corrected chi connectivity index (χ0v) is 16.6. The molecule has 1 unspecified atom stereocenters. The van der Waals surface area contributed by atoms with Gasteiger partial charge >= 0.3 is 0 Å². The van der Waals surface area contributed by atoms with E-state index < -0.39 is 46.5 Å². The summed E-state index contributed by atoms with van der Waals surface area (Å²) in [7, 11) is 1.29. The van der Waals surface area contributed by atoms with Crippen LogP contribution in [0.4, 0.5) is 18.9 Å². The number of ether oxygens (including phenoxy) is 1. The topological polar surface area (TPSA) is 79.7 Å². The Labute approximate surface area is 180 Å². The number of carbonyl (C=O) groups is 2. The highest BCUT2D eigenvalue weighted by Gasteiger charge is 2.48. The molecule has 1 amide bonds. The van der Waals surface area contributed by atoms with Gasteiger partial charge in [-0.3, -0.25) is 19.5 Å².